The molecule has 0 radical (unpaired) electrons. The van der Waals surface area contributed by atoms with Crippen LogP contribution in [0.1, 0.15) is 38.7 Å². The van der Waals surface area contributed by atoms with Crippen LogP contribution in [0.25, 0.3) is 0 Å². The summed E-state index contributed by atoms with van der Waals surface area (Å²) >= 11 is 18.1. The van der Waals surface area contributed by atoms with Crippen LogP contribution in [-0.4, -0.2) is 16.9 Å². The van der Waals surface area contributed by atoms with Gasteiger partial charge in [-0.05, 0) is 66.2 Å². The van der Waals surface area contributed by atoms with E-state index >= 15 is 0 Å². The second kappa shape index (κ2) is 9.31. The first-order valence-corrected chi connectivity index (χ1v) is 9.80. The van der Waals surface area contributed by atoms with Crippen LogP contribution in [0.4, 0.5) is 5.69 Å². The largest absolute Gasteiger partial charge is 0.478 e. The van der Waals surface area contributed by atoms with E-state index in [0.29, 0.717) is 26.3 Å². The van der Waals surface area contributed by atoms with Crippen molar-refractivity contribution in [3.63, 3.8) is 0 Å². The van der Waals surface area contributed by atoms with Gasteiger partial charge in [0.1, 0.15) is 0 Å². The van der Waals surface area contributed by atoms with Crippen molar-refractivity contribution in [2.45, 2.75) is 12.5 Å². The summed E-state index contributed by atoms with van der Waals surface area (Å²) in [5.41, 5.74) is 2.18. The molecule has 2 N–H and O–H groups in total. The minimum absolute atomic E-state index is 0.0765. The van der Waals surface area contributed by atoms with Crippen molar-refractivity contribution in [2.24, 2.45) is 0 Å². The molecule has 7 heteroatoms. The summed E-state index contributed by atoms with van der Waals surface area (Å²) < 4.78 is 0. The van der Waals surface area contributed by atoms with Crippen molar-refractivity contribution in [3.8, 4) is 0 Å². The quantitative estimate of drug-likeness (QED) is 0.391. The SMILES string of the molecule is O=C(O)c1ccc(NC(CC(=O)c2ccc(Cl)cc2)c2ccc(Cl)c(Cl)c2)cc1. The molecule has 29 heavy (non-hydrogen) atoms. The number of hydrogen-bond acceptors (Lipinski definition) is 3. The normalized spacial score (nSPS) is 11.7. The van der Waals surface area contributed by atoms with Crippen molar-refractivity contribution < 1.29 is 14.7 Å². The number of halogens is 3. The molecule has 0 fully saturated rings. The number of Topliss-reactive ketones (excluding diaryl/α,β-unsaturated/α-hetero) is 1. The van der Waals surface area contributed by atoms with Crippen LogP contribution >= 0.6 is 34.8 Å². The van der Waals surface area contributed by atoms with E-state index in [0.717, 1.165) is 5.56 Å². The van der Waals surface area contributed by atoms with Crippen molar-refractivity contribution >= 4 is 52.2 Å². The first-order valence-electron chi connectivity index (χ1n) is 8.67. The van der Waals surface area contributed by atoms with Crippen LogP contribution in [0.3, 0.4) is 0 Å². The molecule has 4 nitrogen and oxygen atoms in total. The van der Waals surface area contributed by atoms with Crippen LogP contribution in [0.2, 0.25) is 15.1 Å². The highest BCUT2D eigenvalue weighted by Crippen LogP contribution is 2.30. The Bertz CT molecular complexity index is 1030. The van der Waals surface area contributed by atoms with E-state index in [1.807, 2.05) is 0 Å². The molecule has 3 aromatic carbocycles. The summed E-state index contributed by atoms with van der Waals surface area (Å²) in [5.74, 6) is -1.08. The molecular weight excluding hydrogens is 433 g/mol. The number of ketones is 1. The van der Waals surface area contributed by atoms with Crippen molar-refractivity contribution in [1.82, 2.24) is 0 Å². The van der Waals surface area contributed by atoms with Gasteiger partial charge in [-0.1, -0.05) is 40.9 Å². The molecule has 0 aliphatic rings. The number of nitrogens with one attached hydrogen (secondary N) is 1. The molecule has 0 bridgehead atoms. The van der Waals surface area contributed by atoms with E-state index in [1.54, 1.807) is 54.6 Å². The summed E-state index contributed by atoms with van der Waals surface area (Å²) in [4.78, 5) is 23.9. The topological polar surface area (TPSA) is 66.4 Å². The molecule has 0 spiro atoms. The number of benzene rings is 3. The predicted molar refractivity (Wildman–Crippen MR) is 117 cm³/mol. The fourth-order valence-electron chi connectivity index (χ4n) is 2.83. The number of carbonyl (C=O) groups excluding carboxylic acids is 1. The number of aromatic carboxylic acids is 1. The highest BCUT2D eigenvalue weighted by molar-refractivity contribution is 6.42. The van der Waals surface area contributed by atoms with E-state index in [9.17, 15) is 9.59 Å². The third kappa shape index (κ3) is 5.51. The lowest BCUT2D eigenvalue weighted by atomic mass is 9.97. The van der Waals surface area contributed by atoms with Gasteiger partial charge in [-0.2, -0.15) is 0 Å². The molecular formula is C22H16Cl3NO3. The lowest BCUT2D eigenvalue weighted by Gasteiger charge is -2.21. The second-order valence-corrected chi connectivity index (χ2v) is 7.64. The maximum absolute atomic E-state index is 12.8. The zero-order valence-corrected chi connectivity index (χ0v) is 17.3. The Morgan fingerprint density at radius 1 is 0.828 bits per heavy atom. The van der Waals surface area contributed by atoms with Crippen LogP contribution in [-0.2, 0) is 0 Å². The van der Waals surface area contributed by atoms with Crippen molar-refractivity contribution in [2.75, 3.05) is 5.32 Å². The lowest BCUT2D eigenvalue weighted by Crippen LogP contribution is -2.16. The predicted octanol–water partition coefficient (Wildman–Crippen LogP) is 6.77. The van der Waals surface area contributed by atoms with E-state index in [2.05, 4.69) is 5.32 Å². The highest BCUT2D eigenvalue weighted by Gasteiger charge is 2.19. The molecule has 0 amide bonds. The van der Waals surface area contributed by atoms with Gasteiger partial charge >= 0.3 is 5.97 Å². The first kappa shape index (κ1) is 21.2. The fraction of sp³-hybridized carbons (Fsp3) is 0.0909. The number of carboxylic acids is 1. The molecule has 0 aliphatic heterocycles. The Balaban J connectivity index is 1.88. The van der Waals surface area contributed by atoms with Crippen LogP contribution in [0.15, 0.2) is 66.7 Å². The zero-order chi connectivity index (χ0) is 21.0. The Hall–Kier alpha value is -2.53. The molecule has 0 aromatic heterocycles. The van der Waals surface area contributed by atoms with Crippen molar-refractivity contribution in [1.29, 1.82) is 0 Å². The van der Waals surface area contributed by atoms with E-state index in [1.165, 1.54) is 12.1 Å². The van der Waals surface area contributed by atoms with Crippen LogP contribution in [0, 0.1) is 0 Å². The molecule has 1 unspecified atom stereocenters. The smallest absolute Gasteiger partial charge is 0.335 e. The molecule has 0 saturated heterocycles. The van der Waals surface area contributed by atoms with Gasteiger partial charge in [-0.15, -0.1) is 0 Å². The summed E-state index contributed by atoms with van der Waals surface area (Å²) in [6.45, 7) is 0. The van der Waals surface area contributed by atoms with Gasteiger partial charge < -0.3 is 10.4 Å². The number of carbonyl (C=O) groups is 2. The summed E-state index contributed by atoms with van der Waals surface area (Å²) in [6, 6.07) is 17.8. The molecule has 0 saturated carbocycles. The molecule has 3 rings (SSSR count). The zero-order valence-electron chi connectivity index (χ0n) is 15.0. The summed E-state index contributed by atoms with van der Waals surface area (Å²) in [6.07, 6.45) is 0.153. The first-order chi connectivity index (χ1) is 13.8. The highest BCUT2D eigenvalue weighted by atomic mass is 35.5. The molecule has 1 atom stereocenters. The van der Waals surface area contributed by atoms with Gasteiger partial charge in [0.25, 0.3) is 0 Å². The molecule has 148 valence electrons. The molecule has 0 aliphatic carbocycles. The Morgan fingerprint density at radius 2 is 1.45 bits per heavy atom. The summed E-state index contributed by atoms with van der Waals surface area (Å²) in [7, 11) is 0. The minimum atomic E-state index is -1.00. The lowest BCUT2D eigenvalue weighted by molar-refractivity contribution is 0.0696. The maximum Gasteiger partial charge on any atom is 0.335 e. The number of anilines is 1. The Labute approximate surface area is 183 Å². The van der Waals surface area contributed by atoms with Gasteiger partial charge in [0.05, 0.1) is 21.7 Å². The van der Waals surface area contributed by atoms with Gasteiger partial charge in [0.15, 0.2) is 5.78 Å². The number of carboxylic acid groups (broad SMARTS) is 1. The molecule has 3 aromatic rings. The average molecular weight is 449 g/mol. The van der Waals surface area contributed by atoms with Crippen LogP contribution < -0.4 is 5.32 Å². The Kier molecular flexibility index (Phi) is 6.80. The maximum atomic E-state index is 12.8. The third-order valence-electron chi connectivity index (χ3n) is 4.37. The average Bonchev–Trinajstić information content (AvgIpc) is 2.70. The third-order valence-corrected chi connectivity index (χ3v) is 5.37. The van der Waals surface area contributed by atoms with E-state index in [4.69, 9.17) is 39.9 Å². The van der Waals surface area contributed by atoms with Gasteiger partial charge in [-0.3, -0.25) is 4.79 Å². The van der Waals surface area contributed by atoms with Gasteiger partial charge in [0.2, 0.25) is 0 Å². The number of hydrogen-bond donors (Lipinski definition) is 2. The van der Waals surface area contributed by atoms with Crippen molar-refractivity contribution in [3.05, 3.63) is 98.5 Å². The molecule has 0 heterocycles. The van der Waals surface area contributed by atoms with Gasteiger partial charge in [0, 0.05) is 22.7 Å². The van der Waals surface area contributed by atoms with E-state index in [-0.39, 0.29) is 17.8 Å². The second-order valence-electron chi connectivity index (χ2n) is 6.39. The Morgan fingerprint density at radius 3 is 2.03 bits per heavy atom. The number of rotatable bonds is 7. The summed E-state index contributed by atoms with van der Waals surface area (Å²) in [5, 5.41) is 13.7. The monoisotopic (exact) mass is 447 g/mol. The van der Waals surface area contributed by atoms with Crippen LogP contribution in [0.5, 0.6) is 0 Å². The minimum Gasteiger partial charge on any atom is -0.478 e. The standard InChI is InChI=1S/C22H16Cl3NO3/c23-16-6-1-13(2-7-16)21(27)12-20(15-5-10-18(24)19(25)11-15)26-17-8-3-14(4-9-17)22(28)29/h1-11,20,26H,12H2,(H,28,29). The fourth-order valence-corrected chi connectivity index (χ4v) is 3.26. The van der Waals surface area contributed by atoms with Gasteiger partial charge in [-0.25, -0.2) is 4.79 Å². The van der Waals surface area contributed by atoms with E-state index < -0.39 is 12.0 Å².